The van der Waals surface area contributed by atoms with Crippen LogP contribution >= 0.6 is 0 Å². The molecule has 2 aromatic rings. The predicted molar refractivity (Wildman–Crippen MR) is 121 cm³/mol. The van der Waals surface area contributed by atoms with E-state index in [1.807, 2.05) is 19.0 Å². The summed E-state index contributed by atoms with van der Waals surface area (Å²) in [6, 6.07) is 15.1. The SMILES string of the molecule is Cc1cccc(N2CCN(C(=O)C[NH+](C)Cc3ccc(N(C)C)cc3)CC2)c1C. The van der Waals surface area contributed by atoms with Crippen LogP contribution in [0.3, 0.4) is 0 Å². The van der Waals surface area contributed by atoms with Crippen LogP contribution in [-0.2, 0) is 11.3 Å². The van der Waals surface area contributed by atoms with Gasteiger partial charge in [-0.2, -0.15) is 0 Å². The maximum Gasteiger partial charge on any atom is 0.277 e. The van der Waals surface area contributed by atoms with E-state index in [9.17, 15) is 4.79 Å². The van der Waals surface area contributed by atoms with Crippen molar-refractivity contribution in [3.05, 3.63) is 59.2 Å². The Hall–Kier alpha value is -2.53. The van der Waals surface area contributed by atoms with Crippen molar-refractivity contribution in [1.29, 1.82) is 0 Å². The molecule has 5 heteroatoms. The Morgan fingerprint density at radius 3 is 2.28 bits per heavy atom. The van der Waals surface area contributed by atoms with Gasteiger partial charge in [0.1, 0.15) is 6.54 Å². The molecule has 1 fully saturated rings. The minimum atomic E-state index is 0.257. The van der Waals surface area contributed by atoms with Crippen LogP contribution in [0.2, 0.25) is 0 Å². The number of nitrogens with zero attached hydrogens (tertiary/aromatic N) is 3. The van der Waals surface area contributed by atoms with Gasteiger partial charge in [-0.25, -0.2) is 0 Å². The molecular formula is C24H35N4O+. The average Bonchev–Trinajstić information content (AvgIpc) is 2.70. The molecule has 29 heavy (non-hydrogen) atoms. The second-order valence-corrected chi connectivity index (χ2v) is 8.46. The second-order valence-electron chi connectivity index (χ2n) is 8.46. The zero-order chi connectivity index (χ0) is 21.0. The summed E-state index contributed by atoms with van der Waals surface area (Å²) in [5, 5.41) is 0. The summed E-state index contributed by atoms with van der Waals surface area (Å²) in [5.41, 5.74) is 6.44. The summed E-state index contributed by atoms with van der Waals surface area (Å²) in [4.78, 5) is 20.6. The Kier molecular flexibility index (Phi) is 6.80. The van der Waals surface area contributed by atoms with Crippen LogP contribution in [-0.4, -0.2) is 64.7 Å². The normalized spacial score (nSPS) is 15.3. The molecule has 0 aromatic heterocycles. The third kappa shape index (κ3) is 5.30. The molecule has 1 heterocycles. The zero-order valence-electron chi connectivity index (χ0n) is 18.5. The maximum absolute atomic E-state index is 12.8. The molecule has 0 saturated carbocycles. The molecule has 1 saturated heterocycles. The summed E-state index contributed by atoms with van der Waals surface area (Å²) in [7, 11) is 6.19. The van der Waals surface area contributed by atoms with E-state index in [1.165, 1.54) is 33.0 Å². The van der Waals surface area contributed by atoms with Gasteiger partial charge < -0.3 is 19.6 Å². The van der Waals surface area contributed by atoms with Crippen molar-refractivity contribution < 1.29 is 9.69 Å². The molecule has 1 N–H and O–H groups in total. The first-order chi connectivity index (χ1) is 13.8. The summed E-state index contributed by atoms with van der Waals surface area (Å²) < 4.78 is 0. The lowest BCUT2D eigenvalue weighted by Crippen LogP contribution is -3.09. The number of hydrogen-bond donors (Lipinski definition) is 1. The van der Waals surface area contributed by atoms with Crippen molar-refractivity contribution in [1.82, 2.24) is 4.90 Å². The minimum Gasteiger partial charge on any atom is -0.378 e. The monoisotopic (exact) mass is 395 g/mol. The topological polar surface area (TPSA) is 31.2 Å². The van der Waals surface area contributed by atoms with Gasteiger partial charge in [-0.15, -0.1) is 0 Å². The molecule has 1 amide bonds. The molecule has 1 unspecified atom stereocenters. The molecule has 0 aliphatic carbocycles. The number of piperazine rings is 1. The van der Waals surface area contributed by atoms with Gasteiger partial charge in [0.15, 0.2) is 6.54 Å². The van der Waals surface area contributed by atoms with Gasteiger partial charge in [0.2, 0.25) is 0 Å². The van der Waals surface area contributed by atoms with Crippen molar-refractivity contribution in [2.45, 2.75) is 20.4 Å². The van der Waals surface area contributed by atoms with Crippen LogP contribution in [0.5, 0.6) is 0 Å². The van der Waals surface area contributed by atoms with Gasteiger partial charge in [0.05, 0.1) is 7.05 Å². The van der Waals surface area contributed by atoms with E-state index < -0.39 is 0 Å². The van der Waals surface area contributed by atoms with Gasteiger partial charge in [-0.05, 0) is 43.2 Å². The number of quaternary nitrogens is 1. The van der Waals surface area contributed by atoms with Gasteiger partial charge >= 0.3 is 0 Å². The van der Waals surface area contributed by atoms with E-state index >= 15 is 0 Å². The lowest BCUT2D eigenvalue weighted by molar-refractivity contribution is -0.885. The fourth-order valence-corrected chi connectivity index (χ4v) is 3.97. The zero-order valence-corrected chi connectivity index (χ0v) is 18.5. The highest BCUT2D eigenvalue weighted by molar-refractivity contribution is 5.77. The summed E-state index contributed by atoms with van der Waals surface area (Å²) in [6.07, 6.45) is 0. The lowest BCUT2D eigenvalue weighted by atomic mass is 10.1. The highest BCUT2D eigenvalue weighted by atomic mass is 16.2. The number of benzene rings is 2. The Bertz CT molecular complexity index is 823. The van der Waals surface area contributed by atoms with Crippen molar-refractivity contribution in [3.8, 4) is 0 Å². The Morgan fingerprint density at radius 1 is 1.00 bits per heavy atom. The number of hydrogen-bond acceptors (Lipinski definition) is 3. The minimum absolute atomic E-state index is 0.257. The smallest absolute Gasteiger partial charge is 0.277 e. The molecule has 0 bridgehead atoms. The number of anilines is 2. The molecule has 1 aliphatic rings. The molecule has 1 atom stereocenters. The number of amides is 1. The third-order valence-electron chi connectivity index (χ3n) is 5.96. The van der Waals surface area contributed by atoms with E-state index in [2.05, 4.69) is 73.2 Å². The number of carbonyl (C=O) groups excluding carboxylic acids is 1. The number of rotatable bonds is 6. The molecule has 1 aliphatic heterocycles. The highest BCUT2D eigenvalue weighted by Crippen LogP contribution is 2.23. The number of nitrogens with one attached hydrogen (secondary N) is 1. The molecular weight excluding hydrogens is 360 g/mol. The van der Waals surface area contributed by atoms with E-state index in [-0.39, 0.29) is 5.91 Å². The van der Waals surface area contributed by atoms with Crippen molar-refractivity contribution in [2.24, 2.45) is 0 Å². The van der Waals surface area contributed by atoms with Crippen LogP contribution in [0, 0.1) is 13.8 Å². The van der Waals surface area contributed by atoms with Crippen molar-refractivity contribution >= 4 is 17.3 Å². The fourth-order valence-electron chi connectivity index (χ4n) is 3.97. The predicted octanol–water partition coefficient (Wildman–Crippen LogP) is 1.73. The first-order valence-electron chi connectivity index (χ1n) is 10.5. The molecule has 2 aromatic carbocycles. The fraction of sp³-hybridized carbons (Fsp3) is 0.458. The number of likely N-dealkylation sites (N-methyl/N-ethyl adjacent to an activating group) is 1. The van der Waals surface area contributed by atoms with Gasteiger partial charge in [-0.1, -0.05) is 24.3 Å². The Labute approximate surface area is 175 Å². The number of carbonyl (C=O) groups is 1. The van der Waals surface area contributed by atoms with Crippen molar-refractivity contribution in [3.63, 3.8) is 0 Å². The summed E-state index contributed by atoms with van der Waals surface area (Å²) in [5.74, 6) is 0.257. The van der Waals surface area contributed by atoms with Gasteiger partial charge in [0.25, 0.3) is 5.91 Å². The number of aryl methyl sites for hydroxylation is 1. The average molecular weight is 396 g/mol. The third-order valence-corrected chi connectivity index (χ3v) is 5.96. The van der Waals surface area contributed by atoms with Gasteiger partial charge in [0, 0.05) is 57.2 Å². The first-order valence-corrected chi connectivity index (χ1v) is 10.5. The molecule has 0 radical (unpaired) electrons. The van der Waals surface area contributed by atoms with E-state index in [4.69, 9.17) is 0 Å². The quantitative estimate of drug-likeness (QED) is 0.808. The van der Waals surface area contributed by atoms with Crippen LogP contribution in [0.1, 0.15) is 16.7 Å². The molecule has 0 spiro atoms. The Morgan fingerprint density at radius 2 is 1.66 bits per heavy atom. The second kappa shape index (κ2) is 9.31. The van der Waals surface area contributed by atoms with Crippen LogP contribution in [0.4, 0.5) is 11.4 Å². The van der Waals surface area contributed by atoms with E-state index in [0.717, 1.165) is 32.7 Å². The first kappa shape index (κ1) is 21.2. The van der Waals surface area contributed by atoms with E-state index in [0.29, 0.717) is 6.54 Å². The largest absolute Gasteiger partial charge is 0.378 e. The molecule has 3 rings (SSSR count). The van der Waals surface area contributed by atoms with Crippen LogP contribution in [0.15, 0.2) is 42.5 Å². The molecule has 156 valence electrons. The molecule has 5 nitrogen and oxygen atoms in total. The maximum atomic E-state index is 12.8. The highest BCUT2D eigenvalue weighted by Gasteiger charge is 2.24. The van der Waals surface area contributed by atoms with Gasteiger partial charge in [-0.3, -0.25) is 4.79 Å². The lowest BCUT2D eigenvalue weighted by Gasteiger charge is -2.37. The summed E-state index contributed by atoms with van der Waals surface area (Å²) in [6.45, 7) is 9.16. The van der Waals surface area contributed by atoms with Crippen LogP contribution < -0.4 is 14.7 Å². The summed E-state index contributed by atoms with van der Waals surface area (Å²) >= 11 is 0. The van der Waals surface area contributed by atoms with E-state index in [1.54, 1.807) is 0 Å². The standard InChI is InChI=1S/C24H34N4O/c1-19-7-6-8-23(20(19)2)27-13-15-28(16-14-27)24(29)18-26(5)17-21-9-11-22(12-10-21)25(3)4/h6-12H,13-18H2,1-5H3/p+1. The van der Waals surface area contributed by atoms with Crippen molar-refractivity contribution in [2.75, 3.05) is 63.7 Å². The van der Waals surface area contributed by atoms with Crippen LogP contribution in [0.25, 0.3) is 0 Å². The Balaban J connectivity index is 1.49.